The Morgan fingerprint density at radius 1 is 0.944 bits per heavy atom. The zero-order valence-corrected chi connectivity index (χ0v) is 19.5. The van der Waals surface area contributed by atoms with Gasteiger partial charge in [-0.1, -0.05) is 32.0 Å². The van der Waals surface area contributed by atoms with Crippen LogP contribution < -0.4 is 10.6 Å². The first kappa shape index (κ1) is 26.4. The Morgan fingerprint density at radius 2 is 1.67 bits per heavy atom. The van der Waals surface area contributed by atoms with E-state index >= 15 is 0 Å². The molecule has 188 valence electrons. The number of benzene rings is 2. The monoisotopic (exact) mass is 499 g/mol. The molecule has 3 N–H and O–H groups in total. The number of alkyl halides is 3. The molecule has 7 nitrogen and oxygen atoms in total. The number of anilines is 2. The highest BCUT2D eigenvalue weighted by Gasteiger charge is 2.31. The van der Waals surface area contributed by atoms with Crippen molar-refractivity contribution in [3.8, 4) is 11.1 Å². The molecule has 36 heavy (non-hydrogen) atoms. The summed E-state index contributed by atoms with van der Waals surface area (Å²) < 4.78 is 39.3. The van der Waals surface area contributed by atoms with Gasteiger partial charge in [0.2, 0.25) is 5.91 Å². The van der Waals surface area contributed by atoms with E-state index in [1.54, 1.807) is 18.3 Å². The summed E-state index contributed by atoms with van der Waals surface area (Å²) in [6.45, 7) is 4.16. The third-order valence-corrected chi connectivity index (χ3v) is 5.14. The maximum absolute atomic E-state index is 13.1. The third kappa shape index (κ3) is 7.14. The summed E-state index contributed by atoms with van der Waals surface area (Å²) in [4.78, 5) is 40.6. The lowest BCUT2D eigenvalue weighted by molar-refractivity contribution is -0.137. The predicted octanol–water partition coefficient (Wildman–Crippen LogP) is 6.27. The molecular formula is C26H24F3N3O4. The van der Waals surface area contributed by atoms with Crippen LogP contribution in [0.3, 0.4) is 0 Å². The second-order valence-electron chi connectivity index (χ2n) is 8.55. The largest absolute Gasteiger partial charge is 0.465 e. The Kier molecular flexibility index (Phi) is 8.08. The quantitative estimate of drug-likeness (QED) is 0.250. The van der Waals surface area contributed by atoms with Crippen LogP contribution in [0.1, 0.15) is 41.9 Å². The molecule has 0 aliphatic rings. The Bertz CT molecular complexity index is 1290. The Hall–Kier alpha value is -4.21. The first-order valence-corrected chi connectivity index (χ1v) is 11.0. The van der Waals surface area contributed by atoms with E-state index in [1.807, 2.05) is 23.5 Å². The number of Topliss-reactive ketones (excluding diaryl/α,β-unsaturated/α-hetero) is 1. The number of hydrogen-bond acceptors (Lipinski definition) is 4. The van der Waals surface area contributed by atoms with Crippen molar-refractivity contribution >= 4 is 29.2 Å². The van der Waals surface area contributed by atoms with E-state index in [1.165, 1.54) is 6.07 Å². The molecule has 2 aromatic carbocycles. The number of nitrogens with zero attached hydrogens (tertiary/aromatic N) is 1. The highest BCUT2D eigenvalue weighted by atomic mass is 19.4. The van der Waals surface area contributed by atoms with Crippen molar-refractivity contribution in [1.29, 1.82) is 0 Å². The number of nitrogens with one attached hydrogen (secondary N) is 2. The second kappa shape index (κ2) is 11.0. The van der Waals surface area contributed by atoms with Gasteiger partial charge in [0.15, 0.2) is 5.78 Å². The third-order valence-electron chi connectivity index (χ3n) is 5.14. The van der Waals surface area contributed by atoms with E-state index in [-0.39, 0.29) is 11.3 Å². The van der Waals surface area contributed by atoms with E-state index in [0.717, 1.165) is 29.3 Å². The molecule has 3 aromatic rings. The first-order valence-electron chi connectivity index (χ1n) is 11.0. The molecule has 0 saturated heterocycles. The van der Waals surface area contributed by atoms with Gasteiger partial charge in [-0.3, -0.25) is 19.9 Å². The maximum Gasteiger partial charge on any atom is 0.416 e. The van der Waals surface area contributed by atoms with Gasteiger partial charge in [-0.25, -0.2) is 4.79 Å². The van der Waals surface area contributed by atoms with Gasteiger partial charge in [0.05, 0.1) is 23.4 Å². The lowest BCUT2D eigenvalue weighted by atomic mass is 9.99. The minimum Gasteiger partial charge on any atom is -0.465 e. The SMILES string of the molecule is CC(C)Cc1cc(-c2cccc(C(=O)CC(=O)Nc3cc(C(F)(F)F)ccc3NC(=O)O)c2)ccn1. The van der Waals surface area contributed by atoms with Crippen LogP contribution in [0.2, 0.25) is 0 Å². The number of carbonyl (C=O) groups excluding carboxylic acids is 2. The van der Waals surface area contributed by atoms with E-state index < -0.39 is 41.6 Å². The molecule has 0 radical (unpaired) electrons. The van der Waals surface area contributed by atoms with Gasteiger partial charge in [-0.15, -0.1) is 0 Å². The summed E-state index contributed by atoms with van der Waals surface area (Å²) in [5.74, 6) is -1.02. The van der Waals surface area contributed by atoms with E-state index in [0.29, 0.717) is 18.1 Å². The van der Waals surface area contributed by atoms with Gasteiger partial charge in [0, 0.05) is 17.5 Å². The van der Waals surface area contributed by atoms with Crippen molar-refractivity contribution in [2.75, 3.05) is 10.6 Å². The van der Waals surface area contributed by atoms with Crippen LogP contribution in [-0.2, 0) is 17.4 Å². The van der Waals surface area contributed by atoms with Crippen LogP contribution >= 0.6 is 0 Å². The second-order valence-corrected chi connectivity index (χ2v) is 8.55. The number of carboxylic acid groups (broad SMARTS) is 1. The minimum atomic E-state index is -4.71. The summed E-state index contributed by atoms with van der Waals surface area (Å²) in [5.41, 5.74) is 1.01. The van der Waals surface area contributed by atoms with Crippen molar-refractivity contribution in [2.24, 2.45) is 5.92 Å². The van der Waals surface area contributed by atoms with Crippen molar-refractivity contribution in [1.82, 2.24) is 4.98 Å². The summed E-state index contributed by atoms with van der Waals surface area (Å²) in [6.07, 6.45) is -4.40. The minimum absolute atomic E-state index is 0.248. The molecule has 0 bridgehead atoms. The van der Waals surface area contributed by atoms with Gasteiger partial charge >= 0.3 is 12.3 Å². The van der Waals surface area contributed by atoms with E-state index in [2.05, 4.69) is 24.1 Å². The lowest BCUT2D eigenvalue weighted by Crippen LogP contribution is -2.19. The molecule has 1 heterocycles. The van der Waals surface area contributed by atoms with Gasteiger partial charge in [-0.05, 0) is 59.9 Å². The molecule has 0 aliphatic carbocycles. The fraction of sp³-hybridized carbons (Fsp3) is 0.231. The van der Waals surface area contributed by atoms with Crippen molar-refractivity contribution < 1.29 is 32.7 Å². The van der Waals surface area contributed by atoms with Gasteiger partial charge < -0.3 is 10.4 Å². The number of halogens is 3. The highest BCUT2D eigenvalue weighted by Crippen LogP contribution is 2.34. The Balaban J connectivity index is 1.78. The number of carbonyl (C=O) groups is 3. The summed E-state index contributed by atoms with van der Waals surface area (Å²) in [6, 6.07) is 12.6. The highest BCUT2D eigenvalue weighted by molar-refractivity contribution is 6.12. The molecule has 0 spiro atoms. The van der Waals surface area contributed by atoms with Crippen LogP contribution in [0.15, 0.2) is 60.8 Å². The molecular weight excluding hydrogens is 475 g/mol. The normalized spacial score (nSPS) is 11.3. The smallest absolute Gasteiger partial charge is 0.416 e. The van der Waals surface area contributed by atoms with E-state index in [4.69, 9.17) is 5.11 Å². The molecule has 0 fully saturated rings. The molecule has 0 unspecified atom stereocenters. The van der Waals surface area contributed by atoms with Crippen LogP contribution in [0, 0.1) is 5.92 Å². The number of pyridine rings is 1. The molecule has 10 heteroatoms. The molecule has 2 amide bonds. The molecule has 0 saturated carbocycles. The number of ketones is 1. The average Bonchev–Trinajstić information content (AvgIpc) is 2.79. The zero-order valence-electron chi connectivity index (χ0n) is 19.5. The predicted molar refractivity (Wildman–Crippen MR) is 129 cm³/mol. The van der Waals surface area contributed by atoms with Crippen LogP contribution in [0.5, 0.6) is 0 Å². The summed E-state index contributed by atoms with van der Waals surface area (Å²) in [7, 11) is 0. The van der Waals surface area contributed by atoms with Gasteiger partial charge in [0.25, 0.3) is 0 Å². The van der Waals surface area contributed by atoms with Gasteiger partial charge in [0.1, 0.15) is 0 Å². The topological polar surface area (TPSA) is 108 Å². The number of amides is 2. The number of hydrogen-bond donors (Lipinski definition) is 3. The van der Waals surface area contributed by atoms with Crippen LogP contribution in [0.25, 0.3) is 11.1 Å². The molecule has 3 rings (SSSR count). The summed E-state index contributed by atoms with van der Waals surface area (Å²) >= 11 is 0. The molecule has 1 aromatic heterocycles. The zero-order chi connectivity index (χ0) is 26.5. The fourth-order valence-corrected chi connectivity index (χ4v) is 3.55. The van der Waals surface area contributed by atoms with Crippen molar-refractivity contribution in [2.45, 2.75) is 32.9 Å². The standard InChI is InChI=1S/C26H24F3N3O4/c1-15(2)10-20-12-17(8-9-30-20)16-4-3-5-18(11-16)23(33)14-24(34)31-22-13-19(26(27,28)29)6-7-21(22)32-25(35)36/h3-9,11-13,15,32H,10,14H2,1-2H3,(H,31,34)(H,35,36). The van der Waals surface area contributed by atoms with Crippen molar-refractivity contribution in [3.63, 3.8) is 0 Å². The number of aromatic nitrogens is 1. The molecule has 0 aliphatic heterocycles. The van der Waals surface area contributed by atoms with Gasteiger partial charge in [-0.2, -0.15) is 13.2 Å². The lowest BCUT2D eigenvalue weighted by Gasteiger charge is -2.14. The van der Waals surface area contributed by atoms with Crippen LogP contribution in [-0.4, -0.2) is 27.9 Å². The summed E-state index contributed by atoms with van der Waals surface area (Å²) in [5, 5.41) is 13.1. The molecule has 0 atom stereocenters. The van der Waals surface area contributed by atoms with Crippen molar-refractivity contribution in [3.05, 3.63) is 77.6 Å². The maximum atomic E-state index is 13.1. The first-order chi connectivity index (χ1) is 16.9. The number of rotatable bonds is 8. The Morgan fingerprint density at radius 3 is 2.33 bits per heavy atom. The van der Waals surface area contributed by atoms with Crippen LogP contribution in [0.4, 0.5) is 29.3 Å². The Labute approximate surface area is 205 Å². The fourth-order valence-electron chi connectivity index (χ4n) is 3.55. The average molecular weight is 499 g/mol. The van der Waals surface area contributed by atoms with E-state index in [9.17, 15) is 27.6 Å².